The zero-order chi connectivity index (χ0) is 33.0. The van der Waals surface area contributed by atoms with Crippen LogP contribution >= 0.6 is 11.8 Å². The molecule has 14 heteroatoms. The van der Waals surface area contributed by atoms with E-state index in [1.54, 1.807) is 6.07 Å². The Kier molecular flexibility index (Phi) is 9.75. The molecule has 1 aliphatic heterocycles. The van der Waals surface area contributed by atoms with E-state index in [2.05, 4.69) is 25.1 Å². The summed E-state index contributed by atoms with van der Waals surface area (Å²) in [6.07, 6.45) is -2.28. The summed E-state index contributed by atoms with van der Waals surface area (Å²) >= 11 is 1.19. The number of hydrogen-bond acceptors (Lipinski definition) is 6. The zero-order valence-electron chi connectivity index (χ0n) is 25.1. The van der Waals surface area contributed by atoms with Crippen molar-refractivity contribution in [1.82, 2.24) is 20.1 Å². The summed E-state index contributed by atoms with van der Waals surface area (Å²) < 4.78 is 56.8. The maximum atomic E-state index is 14.2. The number of anilines is 1. The molecule has 1 N–H and O–H groups in total. The molecule has 0 saturated carbocycles. The maximum absolute atomic E-state index is 14.2. The number of halogens is 4. The van der Waals surface area contributed by atoms with Crippen LogP contribution < -0.4 is 15.0 Å². The van der Waals surface area contributed by atoms with Gasteiger partial charge in [-0.1, -0.05) is 62.9 Å². The molecule has 3 amide bonds. The summed E-state index contributed by atoms with van der Waals surface area (Å²) in [6.45, 7) is 6.05. The number of rotatable bonds is 9. The average molecular weight is 655 g/mol. The Balaban J connectivity index is 1.20. The lowest BCUT2D eigenvalue weighted by Crippen LogP contribution is -2.34. The standard InChI is InChI=1S/C32H30F4N6O3S/c1-4-27-29(43)42(26-17-22(33)9-14-25(26)19(2)3)31(46-27)39-30(44)37-16-15-20-5-7-21(8-6-20)28-38-18-41(40-28)23-10-12-24(13-11-23)45-32(34,35)36/h5-14,17-19,27H,4,15-16H2,1-3H3,(H,37,44). The number of alkyl halides is 3. The van der Waals surface area contributed by atoms with Crippen LogP contribution in [-0.2, 0) is 11.2 Å². The third-order valence-corrected chi connectivity index (χ3v) is 8.39. The number of benzene rings is 3. The third kappa shape index (κ3) is 7.73. The molecule has 5 rings (SSSR count). The van der Waals surface area contributed by atoms with Crippen molar-refractivity contribution in [1.29, 1.82) is 0 Å². The molecule has 46 heavy (non-hydrogen) atoms. The average Bonchev–Trinajstić information content (AvgIpc) is 3.61. The number of amides is 3. The predicted octanol–water partition coefficient (Wildman–Crippen LogP) is 7.26. The smallest absolute Gasteiger partial charge is 0.406 e. The van der Waals surface area contributed by atoms with Gasteiger partial charge in [-0.15, -0.1) is 18.3 Å². The molecule has 1 atom stereocenters. The first-order chi connectivity index (χ1) is 21.9. The Bertz CT molecular complexity index is 1740. The van der Waals surface area contributed by atoms with Gasteiger partial charge in [-0.2, -0.15) is 4.99 Å². The van der Waals surface area contributed by atoms with Gasteiger partial charge in [0, 0.05) is 12.1 Å². The van der Waals surface area contributed by atoms with Gasteiger partial charge in [0.15, 0.2) is 11.0 Å². The minimum Gasteiger partial charge on any atom is -0.406 e. The number of carbonyl (C=O) groups is 2. The first-order valence-corrected chi connectivity index (χ1v) is 15.3. The Morgan fingerprint density at radius 1 is 1.09 bits per heavy atom. The molecular formula is C32H30F4N6O3S. The number of aliphatic imine (C=N–C) groups is 1. The highest BCUT2D eigenvalue weighted by molar-refractivity contribution is 8.16. The fourth-order valence-corrected chi connectivity index (χ4v) is 5.86. The van der Waals surface area contributed by atoms with Crippen molar-refractivity contribution < 1.29 is 31.9 Å². The largest absolute Gasteiger partial charge is 0.573 e. The molecule has 1 saturated heterocycles. The normalized spacial score (nSPS) is 16.0. The number of amidine groups is 1. The zero-order valence-corrected chi connectivity index (χ0v) is 25.9. The number of nitrogens with one attached hydrogen (secondary N) is 1. The molecule has 0 spiro atoms. The van der Waals surface area contributed by atoms with Crippen molar-refractivity contribution in [3.05, 3.63) is 90.0 Å². The number of urea groups is 1. The summed E-state index contributed by atoms with van der Waals surface area (Å²) in [6, 6.07) is 16.4. The molecule has 1 fully saturated rings. The van der Waals surface area contributed by atoms with Gasteiger partial charge >= 0.3 is 12.4 Å². The van der Waals surface area contributed by atoms with Crippen LogP contribution in [0.4, 0.5) is 28.0 Å². The molecule has 0 radical (unpaired) electrons. The second-order valence-electron chi connectivity index (χ2n) is 10.7. The minimum absolute atomic E-state index is 0.0181. The molecule has 1 aromatic heterocycles. The van der Waals surface area contributed by atoms with Crippen LogP contribution in [-0.4, -0.2) is 50.0 Å². The lowest BCUT2D eigenvalue weighted by Gasteiger charge is -2.22. The fraction of sp³-hybridized carbons (Fsp3) is 0.281. The van der Waals surface area contributed by atoms with E-state index in [9.17, 15) is 27.2 Å². The molecule has 0 aliphatic carbocycles. The topological polar surface area (TPSA) is 102 Å². The molecule has 1 unspecified atom stereocenters. The van der Waals surface area contributed by atoms with E-state index in [0.29, 0.717) is 30.0 Å². The van der Waals surface area contributed by atoms with E-state index in [1.807, 2.05) is 45.0 Å². The number of hydrogen-bond donors (Lipinski definition) is 1. The van der Waals surface area contributed by atoms with Gasteiger partial charge in [-0.25, -0.2) is 18.9 Å². The molecule has 9 nitrogen and oxygen atoms in total. The predicted molar refractivity (Wildman–Crippen MR) is 168 cm³/mol. The lowest BCUT2D eigenvalue weighted by molar-refractivity contribution is -0.274. The van der Waals surface area contributed by atoms with Crippen molar-refractivity contribution in [2.75, 3.05) is 11.4 Å². The Morgan fingerprint density at radius 2 is 1.80 bits per heavy atom. The van der Waals surface area contributed by atoms with Crippen molar-refractivity contribution >= 4 is 34.6 Å². The summed E-state index contributed by atoms with van der Waals surface area (Å²) in [7, 11) is 0. The lowest BCUT2D eigenvalue weighted by atomic mass is 10.00. The summed E-state index contributed by atoms with van der Waals surface area (Å²) in [5.41, 5.74) is 3.33. The molecular weight excluding hydrogens is 624 g/mol. The first-order valence-electron chi connectivity index (χ1n) is 14.5. The summed E-state index contributed by atoms with van der Waals surface area (Å²) in [5.74, 6) is -0.614. The quantitative estimate of drug-likeness (QED) is 0.191. The van der Waals surface area contributed by atoms with Crippen molar-refractivity contribution in [2.45, 2.75) is 51.1 Å². The van der Waals surface area contributed by atoms with Gasteiger partial charge in [-0.3, -0.25) is 9.69 Å². The first kappa shape index (κ1) is 32.7. The Labute approximate surface area is 266 Å². The van der Waals surface area contributed by atoms with Crippen LogP contribution in [0, 0.1) is 5.82 Å². The van der Waals surface area contributed by atoms with Crippen LogP contribution in [0.2, 0.25) is 0 Å². The molecule has 2 heterocycles. The van der Waals surface area contributed by atoms with Crippen molar-refractivity contribution in [3.63, 3.8) is 0 Å². The number of nitrogens with zero attached hydrogens (tertiary/aromatic N) is 5. The maximum Gasteiger partial charge on any atom is 0.573 e. The van der Waals surface area contributed by atoms with E-state index < -0.39 is 23.5 Å². The van der Waals surface area contributed by atoms with E-state index in [1.165, 1.54) is 64.1 Å². The van der Waals surface area contributed by atoms with Crippen molar-refractivity contribution in [3.8, 4) is 22.8 Å². The van der Waals surface area contributed by atoms with E-state index in [4.69, 9.17) is 0 Å². The number of carbonyl (C=O) groups excluding carboxylic acids is 2. The molecule has 4 aromatic rings. The van der Waals surface area contributed by atoms with E-state index in [-0.39, 0.29) is 29.3 Å². The van der Waals surface area contributed by atoms with Gasteiger partial charge in [0.2, 0.25) is 5.91 Å². The Morgan fingerprint density at radius 3 is 2.46 bits per heavy atom. The third-order valence-electron chi connectivity index (χ3n) is 7.09. The Hall–Kier alpha value is -4.72. The second-order valence-corrected chi connectivity index (χ2v) is 11.8. The summed E-state index contributed by atoms with van der Waals surface area (Å²) in [5, 5.41) is 6.95. The van der Waals surface area contributed by atoms with Crippen LogP contribution in [0.3, 0.4) is 0 Å². The van der Waals surface area contributed by atoms with Crippen LogP contribution in [0.25, 0.3) is 17.1 Å². The number of thioether (sulfide) groups is 1. The van der Waals surface area contributed by atoms with Gasteiger partial charge in [0.05, 0.1) is 16.6 Å². The molecule has 3 aromatic carbocycles. The molecule has 240 valence electrons. The second kappa shape index (κ2) is 13.7. The monoisotopic (exact) mass is 654 g/mol. The molecule has 1 aliphatic rings. The van der Waals surface area contributed by atoms with E-state index in [0.717, 1.165) is 16.7 Å². The van der Waals surface area contributed by atoms with Gasteiger partial charge in [0.1, 0.15) is 17.9 Å². The SMILES string of the molecule is CCC1SC(=NC(=O)NCCc2ccc(-c3ncn(-c4ccc(OC(F)(F)F)cc4)n3)cc2)N(c2cc(F)ccc2C(C)C)C1=O. The van der Waals surface area contributed by atoms with Crippen LogP contribution in [0.15, 0.2) is 78.0 Å². The highest BCUT2D eigenvalue weighted by Gasteiger charge is 2.39. The van der Waals surface area contributed by atoms with Gasteiger partial charge in [-0.05, 0) is 66.3 Å². The van der Waals surface area contributed by atoms with Crippen LogP contribution in [0.1, 0.15) is 44.2 Å². The highest BCUT2D eigenvalue weighted by Crippen LogP contribution is 2.38. The van der Waals surface area contributed by atoms with Gasteiger partial charge in [0.25, 0.3) is 0 Å². The van der Waals surface area contributed by atoms with Crippen LogP contribution in [0.5, 0.6) is 5.75 Å². The molecule has 0 bridgehead atoms. The highest BCUT2D eigenvalue weighted by atomic mass is 32.2. The number of aromatic nitrogens is 3. The van der Waals surface area contributed by atoms with E-state index >= 15 is 0 Å². The van der Waals surface area contributed by atoms with Crippen molar-refractivity contribution in [2.24, 2.45) is 4.99 Å². The van der Waals surface area contributed by atoms with Gasteiger partial charge < -0.3 is 10.1 Å². The number of ether oxygens (including phenoxy) is 1. The summed E-state index contributed by atoms with van der Waals surface area (Å²) in [4.78, 5) is 35.8. The minimum atomic E-state index is -4.77. The fourth-order valence-electron chi connectivity index (χ4n) is 4.80.